The lowest BCUT2D eigenvalue weighted by molar-refractivity contribution is 0.769. The molecule has 1 aromatic heterocycles. The molecule has 1 heterocycles. The van der Waals surface area contributed by atoms with Crippen LogP contribution < -0.4 is 0 Å². The highest BCUT2D eigenvalue weighted by atomic mass is 14.8. The van der Waals surface area contributed by atoms with Crippen LogP contribution in [0.15, 0.2) is 146 Å². The number of hydrogen-bond donors (Lipinski definition) is 0. The maximum atomic E-state index is 7.35. The van der Waals surface area contributed by atoms with Crippen molar-refractivity contribution >= 4 is 5.82 Å². The number of aromatic nitrogens is 1. The molecule has 2 heteroatoms. The zero-order chi connectivity index (χ0) is 26.2. The fraction of sp³-hybridized carbons (Fsp3) is 0.0270. The molecule has 39 heavy (non-hydrogen) atoms. The molecule has 7 rings (SSSR count). The van der Waals surface area contributed by atoms with Crippen molar-refractivity contribution in [2.45, 2.75) is 5.41 Å². The standard InChI is InChI=1S/C37H24N2/c1-38-36-25-29(21-22-39-36)27-12-10-11-26(23-27)28-19-20-33-32-17-8-9-18-34(32)37(35(33)24-28,30-13-4-2-5-14-30)31-15-6-3-7-16-31/h2-25H. The molecule has 5 aromatic carbocycles. The Morgan fingerprint density at radius 2 is 1.08 bits per heavy atom. The van der Waals surface area contributed by atoms with Crippen molar-refractivity contribution in [2.24, 2.45) is 0 Å². The Balaban J connectivity index is 1.47. The highest BCUT2D eigenvalue weighted by Gasteiger charge is 2.45. The average Bonchev–Trinajstić information content (AvgIpc) is 3.32. The predicted octanol–water partition coefficient (Wildman–Crippen LogP) is 9.33. The second-order valence-electron chi connectivity index (χ2n) is 9.88. The van der Waals surface area contributed by atoms with E-state index in [2.05, 4.69) is 137 Å². The molecule has 0 saturated heterocycles. The van der Waals surface area contributed by atoms with E-state index in [0.29, 0.717) is 5.82 Å². The van der Waals surface area contributed by atoms with E-state index in [1.807, 2.05) is 12.1 Å². The maximum absolute atomic E-state index is 7.35. The molecule has 0 bridgehead atoms. The second kappa shape index (κ2) is 9.24. The SMILES string of the molecule is [C-]#[N+]c1cc(-c2cccc(-c3ccc4c(c3)C(c3ccccc3)(c3ccccc3)c3ccccc3-4)c2)ccn1. The summed E-state index contributed by atoms with van der Waals surface area (Å²) in [7, 11) is 0. The van der Waals surface area contributed by atoms with Gasteiger partial charge in [0, 0.05) is 0 Å². The second-order valence-corrected chi connectivity index (χ2v) is 9.88. The summed E-state index contributed by atoms with van der Waals surface area (Å²) in [6, 6.07) is 49.8. The number of nitrogens with zero attached hydrogens (tertiary/aromatic N) is 2. The van der Waals surface area contributed by atoms with Gasteiger partial charge in [-0.15, -0.1) is 4.98 Å². The molecule has 0 amide bonds. The Morgan fingerprint density at radius 1 is 0.487 bits per heavy atom. The molecule has 0 spiro atoms. The highest BCUT2D eigenvalue weighted by molar-refractivity contribution is 5.88. The first-order valence-corrected chi connectivity index (χ1v) is 13.1. The van der Waals surface area contributed by atoms with Crippen LogP contribution in [0.5, 0.6) is 0 Å². The van der Waals surface area contributed by atoms with Crippen molar-refractivity contribution in [2.75, 3.05) is 0 Å². The molecule has 0 unspecified atom stereocenters. The zero-order valence-electron chi connectivity index (χ0n) is 21.3. The van der Waals surface area contributed by atoms with Crippen LogP contribution in [0.3, 0.4) is 0 Å². The molecule has 6 aromatic rings. The van der Waals surface area contributed by atoms with Crippen molar-refractivity contribution < 1.29 is 0 Å². The van der Waals surface area contributed by atoms with Gasteiger partial charge in [-0.05, 0) is 79.9 Å². The highest BCUT2D eigenvalue weighted by Crippen LogP contribution is 2.56. The van der Waals surface area contributed by atoms with E-state index in [4.69, 9.17) is 6.57 Å². The number of benzene rings is 5. The van der Waals surface area contributed by atoms with E-state index in [1.54, 1.807) is 6.20 Å². The molecule has 1 aliphatic rings. The van der Waals surface area contributed by atoms with Crippen LogP contribution in [0, 0.1) is 6.57 Å². The Kier molecular flexibility index (Phi) is 5.43. The van der Waals surface area contributed by atoms with Crippen LogP contribution >= 0.6 is 0 Å². The van der Waals surface area contributed by atoms with Gasteiger partial charge in [-0.1, -0.05) is 122 Å². The molecule has 0 fully saturated rings. The van der Waals surface area contributed by atoms with Crippen molar-refractivity contribution in [3.8, 4) is 33.4 Å². The van der Waals surface area contributed by atoms with Gasteiger partial charge in [0.25, 0.3) is 5.82 Å². The normalized spacial score (nSPS) is 12.8. The minimum Gasteiger partial charge on any atom is -0.361 e. The Hall–Kier alpha value is -5.26. The molecule has 182 valence electrons. The zero-order valence-corrected chi connectivity index (χ0v) is 21.3. The van der Waals surface area contributed by atoms with Crippen molar-refractivity contribution in [1.82, 2.24) is 4.98 Å². The largest absolute Gasteiger partial charge is 0.361 e. The van der Waals surface area contributed by atoms with Crippen LogP contribution in [-0.4, -0.2) is 4.98 Å². The number of pyridine rings is 1. The molecule has 0 aliphatic heterocycles. The van der Waals surface area contributed by atoms with Gasteiger partial charge in [-0.25, -0.2) is 0 Å². The number of rotatable bonds is 4. The fourth-order valence-electron chi connectivity index (χ4n) is 6.16. The molecule has 2 nitrogen and oxygen atoms in total. The molecule has 0 radical (unpaired) electrons. The molecule has 1 aliphatic carbocycles. The first kappa shape index (κ1) is 22.9. The Labute approximate surface area is 228 Å². The summed E-state index contributed by atoms with van der Waals surface area (Å²) in [6.07, 6.45) is 1.70. The topological polar surface area (TPSA) is 17.2 Å². The lowest BCUT2D eigenvalue weighted by Gasteiger charge is -2.34. The Bertz CT molecular complexity index is 1820. The van der Waals surface area contributed by atoms with Gasteiger partial charge in [0.1, 0.15) is 6.20 Å². The maximum Gasteiger partial charge on any atom is 0.270 e. The quantitative estimate of drug-likeness (QED) is 0.222. The summed E-state index contributed by atoms with van der Waals surface area (Å²) in [5, 5.41) is 0. The van der Waals surface area contributed by atoms with Gasteiger partial charge in [0.05, 0.1) is 5.41 Å². The third kappa shape index (κ3) is 3.60. The van der Waals surface area contributed by atoms with Crippen LogP contribution in [0.2, 0.25) is 0 Å². The lowest BCUT2D eigenvalue weighted by atomic mass is 9.67. The third-order valence-electron chi connectivity index (χ3n) is 7.85. The smallest absolute Gasteiger partial charge is 0.270 e. The van der Waals surface area contributed by atoms with Gasteiger partial charge in [0.2, 0.25) is 0 Å². The van der Waals surface area contributed by atoms with Crippen molar-refractivity contribution in [3.63, 3.8) is 0 Å². The van der Waals surface area contributed by atoms with Crippen LogP contribution in [-0.2, 0) is 5.41 Å². The predicted molar refractivity (Wildman–Crippen MR) is 159 cm³/mol. The summed E-state index contributed by atoms with van der Waals surface area (Å²) in [5.41, 5.74) is 11.6. The summed E-state index contributed by atoms with van der Waals surface area (Å²) >= 11 is 0. The summed E-state index contributed by atoms with van der Waals surface area (Å²) < 4.78 is 0. The van der Waals surface area contributed by atoms with Crippen LogP contribution in [0.25, 0.3) is 38.2 Å². The molecular weight excluding hydrogens is 472 g/mol. The number of hydrogen-bond acceptors (Lipinski definition) is 1. The van der Waals surface area contributed by atoms with Crippen molar-refractivity contribution in [3.05, 3.63) is 179 Å². The van der Waals surface area contributed by atoms with Gasteiger partial charge in [-0.3, -0.25) is 0 Å². The van der Waals surface area contributed by atoms with Gasteiger partial charge >= 0.3 is 0 Å². The lowest BCUT2D eigenvalue weighted by Crippen LogP contribution is -2.28. The van der Waals surface area contributed by atoms with E-state index in [-0.39, 0.29) is 0 Å². The molecule has 0 N–H and O–H groups in total. The van der Waals surface area contributed by atoms with Gasteiger partial charge in [0.15, 0.2) is 0 Å². The first-order valence-electron chi connectivity index (χ1n) is 13.1. The van der Waals surface area contributed by atoms with E-state index < -0.39 is 5.41 Å². The molecule has 0 saturated carbocycles. The van der Waals surface area contributed by atoms with Gasteiger partial charge < -0.3 is 4.85 Å². The van der Waals surface area contributed by atoms with Crippen LogP contribution in [0.4, 0.5) is 5.82 Å². The minimum atomic E-state index is -0.419. The van der Waals surface area contributed by atoms with E-state index in [0.717, 1.165) is 16.7 Å². The van der Waals surface area contributed by atoms with Gasteiger partial charge in [-0.2, -0.15) is 0 Å². The van der Waals surface area contributed by atoms with Crippen LogP contribution in [0.1, 0.15) is 22.3 Å². The minimum absolute atomic E-state index is 0.406. The van der Waals surface area contributed by atoms with E-state index in [9.17, 15) is 0 Å². The fourth-order valence-corrected chi connectivity index (χ4v) is 6.16. The van der Waals surface area contributed by atoms with E-state index >= 15 is 0 Å². The summed E-state index contributed by atoms with van der Waals surface area (Å²) in [4.78, 5) is 7.65. The van der Waals surface area contributed by atoms with E-state index in [1.165, 1.54) is 38.9 Å². The Morgan fingerprint density at radius 3 is 1.77 bits per heavy atom. The first-order chi connectivity index (χ1) is 19.3. The average molecular weight is 497 g/mol. The summed E-state index contributed by atoms with van der Waals surface area (Å²) in [5.74, 6) is 0.406. The van der Waals surface area contributed by atoms with Crippen molar-refractivity contribution in [1.29, 1.82) is 0 Å². The molecule has 0 atom stereocenters. The molecular formula is C37H24N2. The number of fused-ring (bicyclic) bond motifs is 3. The monoisotopic (exact) mass is 496 g/mol. The summed E-state index contributed by atoms with van der Waals surface area (Å²) in [6.45, 7) is 7.35. The third-order valence-corrected chi connectivity index (χ3v) is 7.85.